The smallest absolute Gasteiger partial charge is 0.195 e. The molecule has 1 rings (SSSR count). The SMILES string of the molecule is CC(C)c1c(F)c(F)c(F)c(C(C)C)c1Br. The van der Waals surface area contributed by atoms with Gasteiger partial charge in [0.15, 0.2) is 17.5 Å². The topological polar surface area (TPSA) is 0 Å². The summed E-state index contributed by atoms with van der Waals surface area (Å²) < 4.78 is 40.9. The minimum atomic E-state index is -1.38. The lowest BCUT2D eigenvalue weighted by Gasteiger charge is -2.18. The van der Waals surface area contributed by atoms with Crippen molar-refractivity contribution in [2.45, 2.75) is 39.5 Å². The molecule has 0 aliphatic carbocycles. The van der Waals surface area contributed by atoms with Crippen LogP contribution in [0.5, 0.6) is 0 Å². The highest BCUT2D eigenvalue weighted by Gasteiger charge is 2.26. The van der Waals surface area contributed by atoms with E-state index in [1.54, 1.807) is 27.7 Å². The van der Waals surface area contributed by atoms with Crippen LogP contribution in [0.1, 0.15) is 50.7 Å². The minimum absolute atomic E-state index is 0.197. The third-order valence-electron chi connectivity index (χ3n) is 2.49. The van der Waals surface area contributed by atoms with Crippen molar-refractivity contribution in [3.05, 3.63) is 33.1 Å². The molecular weight excluding hydrogens is 281 g/mol. The molecule has 1 aromatic rings. The molecular formula is C12H14BrF3. The van der Waals surface area contributed by atoms with Crippen LogP contribution in [-0.4, -0.2) is 0 Å². The first-order valence-corrected chi connectivity index (χ1v) is 5.94. The Labute approximate surface area is 102 Å². The molecule has 4 heteroatoms. The minimum Gasteiger partial charge on any atom is -0.203 e. The molecule has 0 heterocycles. The number of halogens is 4. The van der Waals surface area contributed by atoms with E-state index in [1.807, 2.05) is 0 Å². The number of benzene rings is 1. The number of hydrogen-bond donors (Lipinski definition) is 0. The summed E-state index contributed by atoms with van der Waals surface area (Å²) in [7, 11) is 0. The summed E-state index contributed by atoms with van der Waals surface area (Å²) in [6.07, 6.45) is 0. The Morgan fingerprint density at radius 1 is 0.750 bits per heavy atom. The normalized spacial score (nSPS) is 11.6. The molecule has 0 N–H and O–H groups in total. The van der Waals surface area contributed by atoms with Crippen molar-refractivity contribution < 1.29 is 13.2 Å². The first kappa shape index (κ1) is 13.6. The lowest BCUT2D eigenvalue weighted by molar-refractivity contribution is 0.427. The zero-order valence-corrected chi connectivity index (χ0v) is 11.3. The van der Waals surface area contributed by atoms with Crippen LogP contribution in [0.2, 0.25) is 0 Å². The highest BCUT2D eigenvalue weighted by Crippen LogP contribution is 2.37. The van der Waals surface area contributed by atoms with Crippen molar-refractivity contribution in [2.24, 2.45) is 0 Å². The van der Waals surface area contributed by atoms with Crippen molar-refractivity contribution in [3.8, 4) is 0 Å². The molecule has 0 aliphatic rings. The lowest BCUT2D eigenvalue weighted by atomic mass is 9.94. The van der Waals surface area contributed by atoms with E-state index in [-0.39, 0.29) is 23.0 Å². The Balaban J connectivity index is 3.66. The average Bonchev–Trinajstić information content (AvgIpc) is 2.13. The first-order valence-electron chi connectivity index (χ1n) is 5.14. The largest absolute Gasteiger partial charge is 0.203 e. The van der Waals surface area contributed by atoms with Crippen LogP contribution in [0.15, 0.2) is 4.47 Å². The predicted octanol–water partition coefficient (Wildman–Crippen LogP) is 5.11. The van der Waals surface area contributed by atoms with E-state index in [2.05, 4.69) is 15.9 Å². The molecule has 0 saturated heterocycles. The van der Waals surface area contributed by atoms with Gasteiger partial charge in [0.1, 0.15) is 0 Å². The van der Waals surface area contributed by atoms with Crippen molar-refractivity contribution in [1.82, 2.24) is 0 Å². The van der Waals surface area contributed by atoms with E-state index < -0.39 is 17.5 Å². The molecule has 0 unspecified atom stereocenters. The van der Waals surface area contributed by atoms with Gasteiger partial charge in [-0.3, -0.25) is 0 Å². The second-order valence-corrected chi connectivity index (χ2v) is 5.19. The Hall–Kier alpha value is -0.510. The van der Waals surface area contributed by atoms with Crippen LogP contribution >= 0.6 is 15.9 Å². The van der Waals surface area contributed by atoms with Crippen molar-refractivity contribution in [2.75, 3.05) is 0 Å². The summed E-state index contributed by atoms with van der Waals surface area (Å²) in [4.78, 5) is 0. The quantitative estimate of drug-likeness (QED) is 0.525. The molecule has 0 nitrogen and oxygen atoms in total. The van der Waals surface area contributed by atoms with E-state index in [9.17, 15) is 13.2 Å². The second-order valence-electron chi connectivity index (χ2n) is 4.39. The zero-order valence-electron chi connectivity index (χ0n) is 9.67. The van der Waals surface area contributed by atoms with Crippen LogP contribution in [-0.2, 0) is 0 Å². The molecule has 0 amide bonds. The third-order valence-corrected chi connectivity index (χ3v) is 3.34. The van der Waals surface area contributed by atoms with Gasteiger partial charge in [-0.2, -0.15) is 0 Å². The maximum atomic E-state index is 13.6. The van der Waals surface area contributed by atoms with Crippen molar-refractivity contribution in [1.29, 1.82) is 0 Å². The van der Waals surface area contributed by atoms with Crippen LogP contribution < -0.4 is 0 Å². The van der Waals surface area contributed by atoms with Crippen molar-refractivity contribution in [3.63, 3.8) is 0 Å². The predicted molar refractivity (Wildman–Crippen MR) is 62.2 cm³/mol. The highest BCUT2D eigenvalue weighted by molar-refractivity contribution is 9.10. The standard InChI is InChI=1S/C12H14BrF3/c1-5(2)7-9(13)8(6(3)4)11(15)12(16)10(7)14/h5-6H,1-4H3. The molecule has 0 fully saturated rings. The Kier molecular flexibility index (Phi) is 4.05. The van der Waals surface area contributed by atoms with Gasteiger partial charge in [0.2, 0.25) is 0 Å². The maximum absolute atomic E-state index is 13.6. The van der Waals surface area contributed by atoms with E-state index in [4.69, 9.17) is 0 Å². The first-order chi connectivity index (χ1) is 7.29. The zero-order chi connectivity index (χ0) is 12.6. The molecule has 0 radical (unpaired) electrons. The van der Waals surface area contributed by atoms with Gasteiger partial charge >= 0.3 is 0 Å². The summed E-state index contributed by atoms with van der Waals surface area (Å²) in [6, 6.07) is 0. The van der Waals surface area contributed by atoms with E-state index in [0.717, 1.165) is 0 Å². The summed E-state index contributed by atoms with van der Waals surface area (Å²) in [5, 5.41) is 0. The van der Waals surface area contributed by atoms with Gasteiger partial charge in [0.25, 0.3) is 0 Å². The van der Waals surface area contributed by atoms with Crippen molar-refractivity contribution >= 4 is 15.9 Å². The Morgan fingerprint density at radius 3 is 1.31 bits per heavy atom. The Morgan fingerprint density at radius 2 is 1.06 bits per heavy atom. The van der Waals surface area contributed by atoms with Gasteiger partial charge in [0, 0.05) is 15.6 Å². The summed E-state index contributed by atoms with van der Waals surface area (Å²) in [6.45, 7) is 6.96. The van der Waals surface area contributed by atoms with Crippen LogP contribution in [0.25, 0.3) is 0 Å². The molecule has 0 saturated carbocycles. The molecule has 0 aliphatic heterocycles. The van der Waals surface area contributed by atoms with Crippen LogP contribution in [0, 0.1) is 17.5 Å². The second kappa shape index (κ2) is 4.78. The van der Waals surface area contributed by atoms with Gasteiger partial charge in [-0.05, 0) is 27.8 Å². The van der Waals surface area contributed by atoms with Gasteiger partial charge in [-0.15, -0.1) is 0 Å². The van der Waals surface area contributed by atoms with E-state index in [0.29, 0.717) is 4.47 Å². The van der Waals surface area contributed by atoms with E-state index in [1.165, 1.54) is 0 Å². The molecule has 90 valence electrons. The fraction of sp³-hybridized carbons (Fsp3) is 0.500. The lowest BCUT2D eigenvalue weighted by Crippen LogP contribution is -2.08. The monoisotopic (exact) mass is 294 g/mol. The number of rotatable bonds is 2. The summed E-state index contributed by atoms with van der Waals surface area (Å²) in [5.74, 6) is -3.98. The van der Waals surface area contributed by atoms with E-state index >= 15 is 0 Å². The third kappa shape index (κ3) is 2.12. The molecule has 0 aromatic heterocycles. The fourth-order valence-electron chi connectivity index (χ4n) is 1.68. The van der Waals surface area contributed by atoms with Crippen LogP contribution in [0.3, 0.4) is 0 Å². The summed E-state index contributed by atoms with van der Waals surface area (Å²) >= 11 is 3.17. The van der Waals surface area contributed by atoms with Crippen LogP contribution in [0.4, 0.5) is 13.2 Å². The fourth-order valence-corrected chi connectivity index (χ4v) is 2.95. The summed E-state index contributed by atoms with van der Waals surface area (Å²) in [5.41, 5.74) is 0.394. The molecule has 0 spiro atoms. The molecule has 16 heavy (non-hydrogen) atoms. The van der Waals surface area contributed by atoms with Gasteiger partial charge in [-0.1, -0.05) is 27.7 Å². The van der Waals surface area contributed by atoms with Gasteiger partial charge in [-0.25, -0.2) is 13.2 Å². The Bertz CT molecular complexity index is 376. The molecule has 1 aromatic carbocycles. The number of hydrogen-bond acceptors (Lipinski definition) is 0. The van der Waals surface area contributed by atoms with Gasteiger partial charge in [0.05, 0.1) is 0 Å². The highest BCUT2D eigenvalue weighted by atomic mass is 79.9. The maximum Gasteiger partial charge on any atom is 0.195 e. The van der Waals surface area contributed by atoms with Gasteiger partial charge < -0.3 is 0 Å². The average molecular weight is 295 g/mol. The molecule has 0 atom stereocenters. The molecule has 0 bridgehead atoms.